The fourth-order valence-electron chi connectivity index (χ4n) is 3.04. The summed E-state index contributed by atoms with van der Waals surface area (Å²) in [5, 5.41) is 17.7. The lowest BCUT2D eigenvalue weighted by molar-refractivity contribution is -0.122. The van der Waals surface area contributed by atoms with Crippen LogP contribution < -0.4 is 10.2 Å². The van der Waals surface area contributed by atoms with Gasteiger partial charge in [0.05, 0.1) is 12.4 Å². The van der Waals surface area contributed by atoms with Gasteiger partial charge in [0.2, 0.25) is 5.91 Å². The molecule has 3 heterocycles. The molecule has 0 bridgehead atoms. The minimum absolute atomic E-state index is 0.0605. The number of hydrogen-bond acceptors (Lipinski definition) is 6. The predicted octanol–water partition coefficient (Wildman–Crippen LogP) is 0.209. The van der Waals surface area contributed by atoms with Gasteiger partial charge in [-0.1, -0.05) is 0 Å². The molecule has 1 saturated heterocycles. The van der Waals surface area contributed by atoms with E-state index in [1.807, 2.05) is 18.9 Å². The third-order valence-corrected chi connectivity index (χ3v) is 4.78. The first-order chi connectivity index (χ1) is 12.0. The zero-order valence-electron chi connectivity index (χ0n) is 14.6. The van der Waals surface area contributed by atoms with Crippen molar-refractivity contribution >= 4 is 11.7 Å². The van der Waals surface area contributed by atoms with E-state index in [9.17, 15) is 9.90 Å². The van der Waals surface area contributed by atoms with Crippen molar-refractivity contribution in [1.29, 1.82) is 0 Å². The van der Waals surface area contributed by atoms with E-state index in [2.05, 4.69) is 20.4 Å². The number of carbonyl (C=O) groups excluding carboxylic acids is 1. The lowest BCUT2D eigenvalue weighted by Gasteiger charge is -2.24. The second-order valence-corrected chi connectivity index (χ2v) is 6.62. The number of hydrogen-bond donors (Lipinski definition) is 2. The summed E-state index contributed by atoms with van der Waals surface area (Å²) in [5.41, 5.74) is 1.21. The van der Waals surface area contributed by atoms with Crippen molar-refractivity contribution in [3.05, 3.63) is 36.0 Å². The molecular formula is C17H24N6O2. The molecule has 1 aliphatic heterocycles. The number of aryl methyl sites for hydroxylation is 2. The van der Waals surface area contributed by atoms with Crippen molar-refractivity contribution < 1.29 is 9.90 Å². The molecule has 134 valence electrons. The Morgan fingerprint density at radius 1 is 1.40 bits per heavy atom. The Hall–Kier alpha value is -2.48. The van der Waals surface area contributed by atoms with Gasteiger partial charge in [-0.05, 0) is 25.3 Å². The lowest BCUT2D eigenvalue weighted by atomic mass is 10.0. The first-order valence-electron chi connectivity index (χ1n) is 8.44. The van der Waals surface area contributed by atoms with Crippen molar-refractivity contribution in [2.75, 3.05) is 24.5 Å². The Kier molecular flexibility index (Phi) is 4.98. The number of aliphatic hydroxyl groups is 1. The number of aromatic nitrogens is 4. The van der Waals surface area contributed by atoms with Crippen molar-refractivity contribution in [3.8, 4) is 0 Å². The molecule has 3 rings (SSSR count). The van der Waals surface area contributed by atoms with Crippen LogP contribution in [0.2, 0.25) is 0 Å². The van der Waals surface area contributed by atoms with Gasteiger partial charge in [0.25, 0.3) is 0 Å². The first kappa shape index (κ1) is 17.3. The SMILES string of the molecule is Cc1c(CCC(=O)NCC2(O)CCN(c3cnccn3)C2)cnn1C. The highest BCUT2D eigenvalue weighted by Crippen LogP contribution is 2.24. The smallest absolute Gasteiger partial charge is 0.220 e. The Balaban J connectivity index is 1.46. The molecule has 8 heteroatoms. The molecule has 8 nitrogen and oxygen atoms in total. The van der Waals surface area contributed by atoms with Crippen LogP contribution in [0.3, 0.4) is 0 Å². The Morgan fingerprint density at radius 3 is 2.92 bits per heavy atom. The van der Waals surface area contributed by atoms with Crippen LogP contribution in [0.5, 0.6) is 0 Å². The number of carbonyl (C=O) groups is 1. The van der Waals surface area contributed by atoms with Crippen LogP contribution in [0.4, 0.5) is 5.82 Å². The Morgan fingerprint density at radius 2 is 2.24 bits per heavy atom. The number of amides is 1. The van der Waals surface area contributed by atoms with Gasteiger partial charge in [0, 0.05) is 51.2 Å². The second-order valence-electron chi connectivity index (χ2n) is 6.62. The van der Waals surface area contributed by atoms with Gasteiger partial charge in [-0.3, -0.25) is 14.5 Å². The van der Waals surface area contributed by atoms with E-state index in [0.29, 0.717) is 32.4 Å². The molecular weight excluding hydrogens is 320 g/mol. The lowest BCUT2D eigenvalue weighted by Crippen LogP contribution is -2.45. The standard InChI is InChI=1S/C17H24N6O2/c1-13-14(9-21-22(13)2)3-4-16(24)20-11-17(25)5-8-23(12-17)15-10-18-6-7-19-15/h6-7,9-10,25H,3-5,8,11-12H2,1-2H3,(H,20,24). The molecule has 1 aliphatic rings. The highest BCUT2D eigenvalue weighted by molar-refractivity contribution is 5.76. The highest BCUT2D eigenvalue weighted by Gasteiger charge is 2.36. The summed E-state index contributed by atoms with van der Waals surface area (Å²) in [6, 6.07) is 0. The number of rotatable bonds is 6. The molecule has 1 unspecified atom stereocenters. The second kappa shape index (κ2) is 7.18. The molecule has 0 radical (unpaired) electrons. The molecule has 2 aromatic heterocycles. The third-order valence-electron chi connectivity index (χ3n) is 4.78. The molecule has 2 aromatic rings. The summed E-state index contributed by atoms with van der Waals surface area (Å²) in [6.45, 7) is 3.37. The summed E-state index contributed by atoms with van der Waals surface area (Å²) < 4.78 is 1.80. The monoisotopic (exact) mass is 344 g/mol. The summed E-state index contributed by atoms with van der Waals surface area (Å²) in [6.07, 6.45) is 8.36. The maximum atomic E-state index is 12.1. The van der Waals surface area contributed by atoms with Gasteiger partial charge < -0.3 is 15.3 Å². The molecule has 1 amide bonds. The number of nitrogens with zero attached hydrogens (tertiary/aromatic N) is 5. The molecule has 1 fully saturated rings. The van der Waals surface area contributed by atoms with E-state index in [1.165, 1.54) is 0 Å². The van der Waals surface area contributed by atoms with Crippen LogP contribution in [0.15, 0.2) is 24.8 Å². The maximum absolute atomic E-state index is 12.1. The van der Waals surface area contributed by atoms with Gasteiger partial charge in [-0.25, -0.2) is 4.98 Å². The van der Waals surface area contributed by atoms with Crippen molar-refractivity contribution in [2.24, 2.45) is 7.05 Å². The van der Waals surface area contributed by atoms with Gasteiger partial charge >= 0.3 is 0 Å². The van der Waals surface area contributed by atoms with Crippen LogP contribution >= 0.6 is 0 Å². The summed E-state index contributed by atoms with van der Waals surface area (Å²) in [5.74, 6) is 0.687. The third kappa shape index (κ3) is 4.14. The van der Waals surface area contributed by atoms with Crippen LogP contribution in [0.25, 0.3) is 0 Å². The maximum Gasteiger partial charge on any atom is 0.220 e. The first-order valence-corrected chi connectivity index (χ1v) is 8.44. The topological polar surface area (TPSA) is 96.2 Å². The van der Waals surface area contributed by atoms with E-state index >= 15 is 0 Å². The molecule has 25 heavy (non-hydrogen) atoms. The van der Waals surface area contributed by atoms with Crippen LogP contribution in [-0.4, -0.2) is 56.0 Å². The van der Waals surface area contributed by atoms with E-state index in [4.69, 9.17) is 0 Å². The fourth-order valence-corrected chi connectivity index (χ4v) is 3.04. The largest absolute Gasteiger partial charge is 0.386 e. The molecule has 1 atom stereocenters. The minimum atomic E-state index is -0.933. The van der Waals surface area contributed by atoms with E-state index in [1.54, 1.807) is 29.5 Å². The fraction of sp³-hybridized carbons (Fsp3) is 0.529. The molecule has 0 saturated carbocycles. The minimum Gasteiger partial charge on any atom is -0.386 e. The molecule has 0 aliphatic carbocycles. The average Bonchev–Trinajstić information content (AvgIpc) is 3.16. The Labute approximate surface area is 146 Å². The van der Waals surface area contributed by atoms with Crippen molar-refractivity contribution in [3.63, 3.8) is 0 Å². The van der Waals surface area contributed by atoms with Crippen LogP contribution in [-0.2, 0) is 18.3 Å². The highest BCUT2D eigenvalue weighted by atomic mass is 16.3. The zero-order valence-corrected chi connectivity index (χ0v) is 14.6. The average molecular weight is 344 g/mol. The summed E-state index contributed by atoms with van der Waals surface area (Å²) in [7, 11) is 1.89. The predicted molar refractivity (Wildman–Crippen MR) is 93.1 cm³/mol. The van der Waals surface area contributed by atoms with Gasteiger partial charge in [0.15, 0.2) is 0 Å². The Bertz CT molecular complexity index is 732. The van der Waals surface area contributed by atoms with Crippen molar-refractivity contribution in [2.45, 2.75) is 31.8 Å². The molecule has 2 N–H and O–H groups in total. The number of nitrogens with one attached hydrogen (secondary N) is 1. The van der Waals surface area contributed by atoms with Crippen LogP contribution in [0, 0.1) is 6.92 Å². The number of anilines is 1. The van der Waals surface area contributed by atoms with Gasteiger partial charge in [0.1, 0.15) is 11.4 Å². The molecule has 0 spiro atoms. The van der Waals surface area contributed by atoms with E-state index in [0.717, 1.165) is 17.1 Å². The summed E-state index contributed by atoms with van der Waals surface area (Å²) >= 11 is 0. The summed E-state index contributed by atoms with van der Waals surface area (Å²) in [4.78, 5) is 22.4. The normalized spacial score (nSPS) is 20.0. The van der Waals surface area contributed by atoms with Crippen LogP contribution in [0.1, 0.15) is 24.1 Å². The van der Waals surface area contributed by atoms with E-state index < -0.39 is 5.60 Å². The van der Waals surface area contributed by atoms with Gasteiger partial charge in [-0.15, -0.1) is 0 Å². The van der Waals surface area contributed by atoms with E-state index in [-0.39, 0.29) is 12.5 Å². The molecule has 0 aromatic carbocycles. The zero-order chi connectivity index (χ0) is 17.9. The van der Waals surface area contributed by atoms with Gasteiger partial charge in [-0.2, -0.15) is 5.10 Å². The number of β-amino-alcohol motifs (C(OH)–C–C–N with tert-alkyl or cyclic N) is 1. The quantitative estimate of drug-likeness (QED) is 0.778. The van der Waals surface area contributed by atoms with Crippen molar-refractivity contribution in [1.82, 2.24) is 25.1 Å².